The molecule has 0 saturated heterocycles. The second-order valence-corrected chi connectivity index (χ2v) is 5.19. The van der Waals surface area contributed by atoms with E-state index < -0.39 is 0 Å². The minimum absolute atomic E-state index is 0.239. The number of nitriles is 1. The van der Waals surface area contributed by atoms with Crippen molar-refractivity contribution in [3.63, 3.8) is 0 Å². The number of hydrogen-bond donors (Lipinski definition) is 0. The van der Waals surface area contributed by atoms with Gasteiger partial charge in [-0.15, -0.1) is 0 Å². The Bertz CT molecular complexity index is 669. The summed E-state index contributed by atoms with van der Waals surface area (Å²) in [7, 11) is 0. The highest BCUT2D eigenvalue weighted by Gasteiger charge is 2.24. The molecule has 0 bridgehead atoms. The van der Waals surface area contributed by atoms with Crippen LogP contribution in [0.25, 0.3) is 0 Å². The van der Waals surface area contributed by atoms with Gasteiger partial charge in [-0.25, -0.2) is 4.39 Å². The van der Waals surface area contributed by atoms with Crippen molar-refractivity contribution in [1.82, 2.24) is 9.47 Å². The molecule has 1 aliphatic rings. The summed E-state index contributed by atoms with van der Waals surface area (Å²) in [6.45, 7) is 4.48. The van der Waals surface area contributed by atoms with E-state index >= 15 is 0 Å². The Kier molecular flexibility index (Phi) is 3.29. The van der Waals surface area contributed by atoms with Crippen molar-refractivity contribution in [2.45, 2.75) is 26.1 Å². The molecule has 0 unspecified atom stereocenters. The van der Waals surface area contributed by atoms with Crippen molar-refractivity contribution in [1.29, 1.82) is 5.26 Å². The van der Waals surface area contributed by atoms with Crippen LogP contribution in [-0.4, -0.2) is 16.0 Å². The zero-order valence-electron chi connectivity index (χ0n) is 11.4. The fourth-order valence-corrected chi connectivity index (χ4v) is 2.83. The van der Waals surface area contributed by atoms with Gasteiger partial charge in [-0.2, -0.15) is 5.26 Å². The molecule has 1 aromatic heterocycles. The third-order valence-electron chi connectivity index (χ3n) is 4.02. The second-order valence-electron chi connectivity index (χ2n) is 5.19. The fourth-order valence-electron chi connectivity index (χ4n) is 2.83. The molecule has 2 heterocycles. The normalized spacial score (nSPS) is 18.6. The Morgan fingerprint density at radius 3 is 3.00 bits per heavy atom. The van der Waals surface area contributed by atoms with E-state index in [1.807, 2.05) is 6.07 Å². The molecule has 1 aromatic carbocycles. The van der Waals surface area contributed by atoms with E-state index in [2.05, 4.69) is 34.7 Å². The van der Waals surface area contributed by atoms with E-state index in [1.54, 1.807) is 6.07 Å². The van der Waals surface area contributed by atoms with E-state index in [1.165, 1.54) is 17.8 Å². The van der Waals surface area contributed by atoms with Crippen LogP contribution in [0.2, 0.25) is 0 Å². The molecule has 4 heteroatoms. The van der Waals surface area contributed by atoms with Crippen molar-refractivity contribution in [2.24, 2.45) is 0 Å². The van der Waals surface area contributed by atoms with Crippen molar-refractivity contribution >= 4 is 0 Å². The molecule has 0 amide bonds. The molecular formula is C16H16FN3. The third-order valence-corrected chi connectivity index (χ3v) is 4.02. The standard InChI is InChI=1S/C16H16FN3/c1-12-16-3-2-6-19(16)7-8-20(12)11-14-9-13(10-18)4-5-15(14)17/h2-6,9,12H,7-8,11H2,1H3/t12-/m1/s1. The number of rotatable bonds is 2. The van der Waals surface area contributed by atoms with Gasteiger partial charge in [0.15, 0.2) is 0 Å². The molecule has 0 radical (unpaired) electrons. The Morgan fingerprint density at radius 1 is 1.35 bits per heavy atom. The van der Waals surface area contributed by atoms with Crippen LogP contribution < -0.4 is 0 Å². The highest BCUT2D eigenvalue weighted by atomic mass is 19.1. The van der Waals surface area contributed by atoms with Crippen LogP contribution in [0, 0.1) is 17.1 Å². The molecule has 20 heavy (non-hydrogen) atoms. The SMILES string of the molecule is C[C@@H]1c2cccn2CCN1Cc1cc(C#N)ccc1F. The predicted octanol–water partition coefficient (Wildman–Crippen LogP) is 3.08. The minimum atomic E-state index is -0.239. The van der Waals surface area contributed by atoms with E-state index in [9.17, 15) is 4.39 Å². The van der Waals surface area contributed by atoms with Gasteiger partial charge in [0.1, 0.15) is 5.82 Å². The maximum Gasteiger partial charge on any atom is 0.127 e. The van der Waals surface area contributed by atoms with Crippen molar-refractivity contribution < 1.29 is 4.39 Å². The molecule has 1 aliphatic heterocycles. The van der Waals surface area contributed by atoms with Gasteiger partial charge < -0.3 is 4.57 Å². The van der Waals surface area contributed by atoms with Crippen LogP contribution in [-0.2, 0) is 13.1 Å². The minimum Gasteiger partial charge on any atom is -0.349 e. The van der Waals surface area contributed by atoms with E-state index in [4.69, 9.17) is 5.26 Å². The molecule has 0 spiro atoms. The van der Waals surface area contributed by atoms with Gasteiger partial charge in [-0.3, -0.25) is 4.90 Å². The molecule has 1 atom stereocenters. The molecule has 0 N–H and O–H groups in total. The van der Waals surface area contributed by atoms with Gasteiger partial charge in [-0.05, 0) is 37.3 Å². The summed E-state index contributed by atoms with van der Waals surface area (Å²) in [5, 5.41) is 8.92. The summed E-state index contributed by atoms with van der Waals surface area (Å²) < 4.78 is 16.1. The van der Waals surface area contributed by atoms with E-state index in [0.29, 0.717) is 17.7 Å². The van der Waals surface area contributed by atoms with E-state index in [0.717, 1.165) is 13.1 Å². The van der Waals surface area contributed by atoms with Crippen LogP contribution in [0.3, 0.4) is 0 Å². The molecule has 102 valence electrons. The molecule has 3 nitrogen and oxygen atoms in total. The predicted molar refractivity (Wildman–Crippen MR) is 74.4 cm³/mol. The molecule has 0 aliphatic carbocycles. The average molecular weight is 269 g/mol. The fraction of sp³-hybridized carbons (Fsp3) is 0.312. The van der Waals surface area contributed by atoms with Gasteiger partial charge in [0.2, 0.25) is 0 Å². The van der Waals surface area contributed by atoms with Crippen LogP contribution in [0.4, 0.5) is 4.39 Å². The Labute approximate surface area is 117 Å². The number of benzene rings is 1. The Hall–Kier alpha value is -2.12. The second kappa shape index (κ2) is 5.10. The average Bonchev–Trinajstić information content (AvgIpc) is 2.93. The molecule has 3 rings (SSSR count). The number of halogens is 1. The smallest absolute Gasteiger partial charge is 0.127 e. The highest BCUT2D eigenvalue weighted by Crippen LogP contribution is 2.27. The lowest BCUT2D eigenvalue weighted by molar-refractivity contribution is 0.159. The quantitative estimate of drug-likeness (QED) is 0.839. The molecule has 0 fully saturated rings. The topological polar surface area (TPSA) is 32.0 Å². The maximum atomic E-state index is 13.9. The number of nitrogens with zero attached hydrogens (tertiary/aromatic N) is 3. The summed E-state index contributed by atoms with van der Waals surface area (Å²) in [4.78, 5) is 2.24. The molecule has 0 saturated carbocycles. The van der Waals surface area contributed by atoms with Crippen molar-refractivity contribution in [3.8, 4) is 6.07 Å². The highest BCUT2D eigenvalue weighted by molar-refractivity contribution is 5.34. The number of fused-ring (bicyclic) bond motifs is 1. The van der Waals surface area contributed by atoms with Gasteiger partial charge in [-0.1, -0.05) is 0 Å². The van der Waals surface area contributed by atoms with Crippen LogP contribution in [0.5, 0.6) is 0 Å². The Balaban J connectivity index is 1.84. The molecule has 2 aromatic rings. The first-order chi connectivity index (χ1) is 9.69. The first-order valence-corrected chi connectivity index (χ1v) is 6.76. The van der Waals surface area contributed by atoms with Gasteiger partial charge in [0.05, 0.1) is 11.6 Å². The van der Waals surface area contributed by atoms with Crippen molar-refractivity contribution in [3.05, 3.63) is 59.2 Å². The number of aromatic nitrogens is 1. The van der Waals surface area contributed by atoms with E-state index in [-0.39, 0.29) is 11.9 Å². The Morgan fingerprint density at radius 2 is 2.20 bits per heavy atom. The maximum absolute atomic E-state index is 13.9. The summed E-state index contributed by atoms with van der Waals surface area (Å²) in [6.07, 6.45) is 2.08. The zero-order valence-corrected chi connectivity index (χ0v) is 11.4. The van der Waals surface area contributed by atoms with Gasteiger partial charge in [0.25, 0.3) is 0 Å². The lowest BCUT2D eigenvalue weighted by Crippen LogP contribution is -2.36. The zero-order chi connectivity index (χ0) is 14.1. The lowest BCUT2D eigenvalue weighted by Gasteiger charge is -2.35. The van der Waals surface area contributed by atoms with Gasteiger partial charge in [0, 0.05) is 43.1 Å². The monoisotopic (exact) mass is 269 g/mol. The third kappa shape index (κ3) is 2.21. The first-order valence-electron chi connectivity index (χ1n) is 6.76. The van der Waals surface area contributed by atoms with Gasteiger partial charge >= 0.3 is 0 Å². The first kappa shape index (κ1) is 12.9. The van der Waals surface area contributed by atoms with Crippen LogP contribution in [0.1, 0.15) is 29.8 Å². The molecular weight excluding hydrogens is 253 g/mol. The largest absolute Gasteiger partial charge is 0.349 e. The summed E-state index contributed by atoms with van der Waals surface area (Å²) in [5.41, 5.74) is 2.36. The summed E-state index contributed by atoms with van der Waals surface area (Å²) in [5.74, 6) is -0.239. The number of hydrogen-bond acceptors (Lipinski definition) is 2. The van der Waals surface area contributed by atoms with Crippen LogP contribution >= 0.6 is 0 Å². The summed E-state index contributed by atoms with van der Waals surface area (Å²) >= 11 is 0. The summed E-state index contributed by atoms with van der Waals surface area (Å²) in [6, 6.07) is 11.0. The lowest BCUT2D eigenvalue weighted by atomic mass is 10.1. The van der Waals surface area contributed by atoms with Crippen LogP contribution in [0.15, 0.2) is 36.5 Å². The van der Waals surface area contributed by atoms with Crippen molar-refractivity contribution in [2.75, 3.05) is 6.54 Å².